The first-order valence-corrected chi connectivity index (χ1v) is 5.71. The Hall–Kier alpha value is -0.870. The minimum Gasteiger partial charge on any atom is -0.481 e. The molecule has 1 aromatic heterocycles. The van der Waals surface area contributed by atoms with Gasteiger partial charge in [0.25, 0.3) is 0 Å². The number of hydrogen-bond donors (Lipinski definition) is 2. The first kappa shape index (κ1) is 9.68. The van der Waals surface area contributed by atoms with Gasteiger partial charge < -0.3 is 10.4 Å². The second-order valence-corrected chi connectivity index (χ2v) is 4.36. The molecule has 3 nitrogen and oxygen atoms in total. The number of aliphatic carboxylic acids is 1. The molecule has 0 radical (unpaired) electrons. The third kappa shape index (κ3) is 1.81. The third-order valence-corrected chi connectivity index (χ3v) is 3.38. The van der Waals surface area contributed by atoms with Gasteiger partial charge in [-0.3, -0.25) is 4.79 Å². The van der Waals surface area contributed by atoms with E-state index in [0.717, 1.165) is 24.9 Å². The summed E-state index contributed by atoms with van der Waals surface area (Å²) < 4.78 is 0. The average molecular weight is 211 g/mol. The van der Waals surface area contributed by atoms with E-state index >= 15 is 0 Å². The fraction of sp³-hybridized carbons (Fsp3) is 0.500. The van der Waals surface area contributed by atoms with Crippen LogP contribution in [0.25, 0.3) is 0 Å². The molecule has 0 aromatic carbocycles. The summed E-state index contributed by atoms with van der Waals surface area (Å²) in [6, 6.07) is 2.01. The number of hydrogen-bond acceptors (Lipinski definition) is 3. The van der Waals surface area contributed by atoms with Gasteiger partial charge in [-0.1, -0.05) is 0 Å². The lowest BCUT2D eigenvalue weighted by Gasteiger charge is -2.29. The van der Waals surface area contributed by atoms with Crippen molar-refractivity contribution in [1.82, 2.24) is 5.32 Å². The smallest absolute Gasteiger partial charge is 0.308 e. The highest BCUT2D eigenvalue weighted by Crippen LogP contribution is 2.30. The molecule has 76 valence electrons. The first-order chi connectivity index (χ1) is 6.79. The molecular formula is C10H13NO2S. The lowest BCUT2D eigenvalue weighted by molar-refractivity contribution is -0.143. The van der Waals surface area contributed by atoms with Crippen LogP contribution in [0.1, 0.15) is 24.4 Å². The summed E-state index contributed by atoms with van der Waals surface area (Å²) in [7, 11) is 0. The van der Waals surface area contributed by atoms with Crippen molar-refractivity contribution >= 4 is 17.3 Å². The Morgan fingerprint density at radius 1 is 1.64 bits per heavy atom. The lowest BCUT2D eigenvalue weighted by Crippen LogP contribution is -2.37. The average Bonchev–Trinajstić information content (AvgIpc) is 2.70. The third-order valence-electron chi connectivity index (χ3n) is 2.68. The second kappa shape index (κ2) is 4.11. The molecule has 0 spiro atoms. The maximum Gasteiger partial charge on any atom is 0.308 e. The van der Waals surface area contributed by atoms with Gasteiger partial charge in [0.05, 0.1) is 5.92 Å². The fourth-order valence-corrected chi connectivity index (χ4v) is 2.65. The topological polar surface area (TPSA) is 49.3 Å². The summed E-state index contributed by atoms with van der Waals surface area (Å²) in [5, 5.41) is 16.4. The van der Waals surface area contributed by atoms with Gasteiger partial charge in [-0.15, -0.1) is 0 Å². The summed E-state index contributed by atoms with van der Waals surface area (Å²) in [6.07, 6.45) is 1.74. The van der Waals surface area contributed by atoms with Crippen molar-refractivity contribution in [2.24, 2.45) is 5.92 Å². The van der Waals surface area contributed by atoms with Crippen LogP contribution in [0.2, 0.25) is 0 Å². The van der Waals surface area contributed by atoms with Crippen molar-refractivity contribution in [3.05, 3.63) is 22.4 Å². The molecule has 1 aliphatic heterocycles. The minimum absolute atomic E-state index is 0.00694. The van der Waals surface area contributed by atoms with Crippen molar-refractivity contribution in [1.29, 1.82) is 0 Å². The quantitative estimate of drug-likeness (QED) is 0.785. The summed E-state index contributed by atoms with van der Waals surface area (Å²) in [5.74, 6) is -0.952. The van der Waals surface area contributed by atoms with Crippen LogP contribution in [0.3, 0.4) is 0 Å². The number of carboxylic acid groups (broad SMARTS) is 1. The molecule has 0 amide bonds. The van der Waals surface area contributed by atoms with E-state index in [1.807, 2.05) is 16.8 Å². The molecule has 2 N–H and O–H groups in total. The van der Waals surface area contributed by atoms with Crippen molar-refractivity contribution in [2.45, 2.75) is 18.9 Å². The number of nitrogens with one attached hydrogen (secondary N) is 1. The van der Waals surface area contributed by atoms with Crippen LogP contribution >= 0.6 is 11.3 Å². The minimum atomic E-state index is -0.687. The fourth-order valence-electron chi connectivity index (χ4n) is 1.96. The van der Waals surface area contributed by atoms with E-state index in [4.69, 9.17) is 5.11 Å². The molecule has 2 rings (SSSR count). The largest absolute Gasteiger partial charge is 0.481 e. The molecule has 1 fully saturated rings. The molecule has 2 unspecified atom stereocenters. The molecule has 0 saturated carbocycles. The van der Waals surface area contributed by atoms with Crippen LogP contribution < -0.4 is 5.32 Å². The molecule has 0 aliphatic carbocycles. The highest BCUT2D eigenvalue weighted by atomic mass is 32.1. The molecule has 2 heterocycles. The number of carboxylic acids is 1. The van der Waals surface area contributed by atoms with Gasteiger partial charge in [-0.2, -0.15) is 11.3 Å². The first-order valence-electron chi connectivity index (χ1n) is 4.77. The Morgan fingerprint density at radius 2 is 2.50 bits per heavy atom. The summed E-state index contributed by atoms with van der Waals surface area (Å²) in [4.78, 5) is 11.0. The SMILES string of the molecule is O=C(O)C1CCCNC1c1ccsc1. The standard InChI is InChI=1S/C10H13NO2S/c12-10(13)8-2-1-4-11-9(8)7-3-5-14-6-7/h3,5-6,8-9,11H,1-2,4H2,(H,12,13). The van der Waals surface area contributed by atoms with E-state index in [1.54, 1.807) is 11.3 Å². The van der Waals surface area contributed by atoms with E-state index in [9.17, 15) is 4.79 Å². The van der Waals surface area contributed by atoms with Gasteiger partial charge in [-0.25, -0.2) is 0 Å². The zero-order valence-electron chi connectivity index (χ0n) is 7.77. The maximum absolute atomic E-state index is 11.0. The van der Waals surface area contributed by atoms with E-state index in [2.05, 4.69) is 5.32 Å². The zero-order chi connectivity index (χ0) is 9.97. The van der Waals surface area contributed by atoms with Gasteiger partial charge in [0.1, 0.15) is 0 Å². The number of piperidine rings is 1. The van der Waals surface area contributed by atoms with E-state index in [-0.39, 0.29) is 12.0 Å². The molecule has 4 heteroatoms. The normalized spacial score (nSPS) is 27.4. The Morgan fingerprint density at radius 3 is 3.14 bits per heavy atom. The monoisotopic (exact) mass is 211 g/mol. The Kier molecular flexibility index (Phi) is 2.84. The van der Waals surface area contributed by atoms with E-state index < -0.39 is 5.97 Å². The summed E-state index contributed by atoms with van der Waals surface area (Å²) in [6.45, 7) is 0.921. The number of thiophene rings is 1. The molecule has 1 aliphatic rings. The Bertz CT molecular complexity index is 310. The second-order valence-electron chi connectivity index (χ2n) is 3.58. The lowest BCUT2D eigenvalue weighted by atomic mass is 9.87. The summed E-state index contributed by atoms with van der Waals surface area (Å²) in [5.41, 5.74) is 1.11. The Labute approximate surface area is 86.8 Å². The maximum atomic E-state index is 11.0. The molecule has 0 bridgehead atoms. The highest BCUT2D eigenvalue weighted by Gasteiger charge is 2.31. The van der Waals surface area contributed by atoms with Crippen molar-refractivity contribution in [2.75, 3.05) is 6.54 Å². The van der Waals surface area contributed by atoms with Crippen LogP contribution in [0.15, 0.2) is 16.8 Å². The Balaban J connectivity index is 2.18. The van der Waals surface area contributed by atoms with Gasteiger partial charge in [0.15, 0.2) is 0 Å². The van der Waals surface area contributed by atoms with Crippen LogP contribution in [0.4, 0.5) is 0 Å². The molecular weight excluding hydrogens is 198 g/mol. The molecule has 2 atom stereocenters. The van der Waals surface area contributed by atoms with Crippen LogP contribution in [-0.4, -0.2) is 17.6 Å². The number of carbonyl (C=O) groups is 1. The van der Waals surface area contributed by atoms with Gasteiger partial charge in [-0.05, 0) is 41.8 Å². The van der Waals surface area contributed by atoms with Crippen molar-refractivity contribution in [3.8, 4) is 0 Å². The van der Waals surface area contributed by atoms with E-state index in [1.165, 1.54) is 0 Å². The van der Waals surface area contributed by atoms with Gasteiger partial charge in [0.2, 0.25) is 0 Å². The summed E-state index contributed by atoms with van der Waals surface area (Å²) >= 11 is 1.61. The van der Waals surface area contributed by atoms with Crippen LogP contribution in [0.5, 0.6) is 0 Å². The van der Waals surface area contributed by atoms with Crippen molar-refractivity contribution in [3.63, 3.8) is 0 Å². The van der Waals surface area contributed by atoms with Gasteiger partial charge in [0, 0.05) is 6.04 Å². The zero-order valence-corrected chi connectivity index (χ0v) is 8.59. The van der Waals surface area contributed by atoms with Crippen LogP contribution in [0, 0.1) is 5.92 Å². The van der Waals surface area contributed by atoms with Crippen LogP contribution in [-0.2, 0) is 4.79 Å². The van der Waals surface area contributed by atoms with Crippen molar-refractivity contribution < 1.29 is 9.90 Å². The molecule has 1 saturated heterocycles. The highest BCUT2D eigenvalue weighted by molar-refractivity contribution is 7.07. The van der Waals surface area contributed by atoms with E-state index in [0.29, 0.717) is 0 Å². The predicted molar refractivity (Wildman–Crippen MR) is 55.4 cm³/mol. The number of rotatable bonds is 2. The molecule has 14 heavy (non-hydrogen) atoms. The molecule has 1 aromatic rings. The predicted octanol–water partition coefficient (Wildman–Crippen LogP) is 1.87. The van der Waals surface area contributed by atoms with Gasteiger partial charge >= 0.3 is 5.97 Å².